The molecule has 0 heterocycles. The van der Waals surface area contributed by atoms with E-state index in [1.165, 1.54) is 6.07 Å². The minimum Gasteiger partial charge on any atom is -0.324 e. The maximum absolute atomic E-state index is 11.0. The number of halogens is 1. The Morgan fingerprint density at radius 1 is 1.30 bits per heavy atom. The molecule has 4 nitrogen and oxygen atoms in total. The van der Waals surface area contributed by atoms with E-state index in [0.29, 0.717) is 12.0 Å². The summed E-state index contributed by atoms with van der Waals surface area (Å²) in [6, 6.07) is 12.4. The molecular weight excluding hydrogens is 320 g/mol. The average molecular weight is 335 g/mol. The predicted molar refractivity (Wildman–Crippen MR) is 82.6 cm³/mol. The summed E-state index contributed by atoms with van der Waals surface area (Å²) in [5.74, 6) is 0. The van der Waals surface area contributed by atoms with E-state index in [4.69, 9.17) is 5.73 Å². The quantitative estimate of drug-likeness (QED) is 0.680. The molecule has 2 aromatic carbocycles. The van der Waals surface area contributed by atoms with Crippen LogP contribution in [-0.4, -0.2) is 4.92 Å². The highest BCUT2D eigenvalue weighted by Crippen LogP contribution is 2.26. The van der Waals surface area contributed by atoms with Crippen LogP contribution in [0.4, 0.5) is 5.69 Å². The van der Waals surface area contributed by atoms with Gasteiger partial charge < -0.3 is 5.73 Å². The summed E-state index contributed by atoms with van der Waals surface area (Å²) >= 11 is 3.45. The van der Waals surface area contributed by atoms with Crippen molar-refractivity contribution >= 4 is 21.6 Å². The Balaban J connectivity index is 2.25. The molecular formula is C15H15BrN2O2. The molecule has 5 heteroatoms. The molecule has 0 saturated heterocycles. The van der Waals surface area contributed by atoms with Gasteiger partial charge in [0.2, 0.25) is 0 Å². The van der Waals surface area contributed by atoms with Gasteiger partial charge in [-0.05, 0) is 30.5 Å². The van der Waals surface area contributed by atoms with E-state index in [1.807, 2.05) is 25.1 Å². The number of nitro benzene ring substituents is 1. The third kappa shape index (κ3) is 3.23. The molecule has 2 rings (SSSR count). The summed E-state index contributed by atoms with van der Waals surface area (Å²) in [6.45, 7) is 1.99. The Morgan fingerprint density at radius 2 is 2.00 bits per heavy atom. The van der Waals surface area contributed by atoms with Crippen LogP contribution in [0.2, 0.25) is 0 Å². The summed E-state index contributed by atoms with van der Waals surface area (Å²) < 4.78 is 1.03. The molecule has 0 amide bonds. The lowest BCUT2D eigenvalue weighted by Gasteiger charge is -2.13. The van der Waals surface area contributed by atoms with Crippen molar-refractivity contribution in [3.05, 3.63) is 73.7 Å². The Morgan fingerprint density at radius 3 is 2.65 bits per heavy atom. The summed E-state index contributed by atoms with van der Waals surface area (Å²) in [4.78, 5) is 10.6. The molecule has 0 saturated carbocycles. The summed E-state index contributed by atoms with van der Waals surface area (Å²) in [5, 5.41) is 11.0. The zero-order chi connectivity index (χ0) is 14.7. The van der Waals surface area contributed by atoms with Gasteiger partial charge in [-0.25, -0.2) is 0 Å². The molecule has 1 atom stereocenters. The van der Waals surface area contributed by atoms with Crippen LogP contribution in [0.1, 0.15) is 22.7 Å². The number of hydrogen-bond donors (Lipinski definition) is 1. The topological polar surface area (TPSA) is 69.2 Å². The molecule has 0 fully saturated rings. The molecule has 0 aliphatic heterocycles. The predicted octanol–water partition coefficient (Wildman–Crippen LogP) is 3.91. The number of benzene rings is 2. The van der Waals surface area contributed by atoms with Gasteiger partial charge in [-0.3, -0.25) is 10.1 Å². The second kappa shape index (κ2) is 6.15. The molecule has 2 aromatic rings. The van der Waals surface area contributed by atoms with Gasteiger partial charge in [0, 0.05) is 22.1 Å². The van der Waals surface area contributed by atoms with E-state index in [2.05, 4.69) is 15.9 Å². The van der Waals surface area contributed by atoms with Crippen molar-refractivity contribution in [2.75, 3.05) is 0 Å². The van der Waals surface area contributed by atoms with Gasteiger partial charge in [-0.2, -0.15) is 0 Å². The highest BCUT2D eigenvalue weighted by Gasteiger charge is 2.16. The second-order valence-electron chi connectivity index (χ2n) is 4.71. The molecule has 20 heavy (non-hydrogen) atoms. The first-order valence-electron chi connectivity index (χ1n) is 6.23. The van der Waals surface area contributed by atoms with Crippen LogP contribution >= 0.6 is 15.9 Å². The molecule has 2 N–H and O–H groups in total. The van der Waals surface area contributed by atoms with Crippen LogP contribution in [0, 0.1) is 17.0 Å². The Kier molecular flexibility index (Phi) is 4.52. The van der Waals surface area contributed by atoms with Crippen LogP contribution in [0.25, 0.3) is 0 Å². The van der Waals surface area contributed by atoms with Crippen LogP contribution in [0.5, 0.6) is 0 Å². The number of rotatable bonds is 4. The van der Waals surface area contributed by atoms with E-state index in [9.17, 15) is 10.1 Å². The molecule has 0 bridgehead atoms. The minimum atomic E-state index is -0.366. The van der Waals surface area contributed by atoms with Gasteiger partial charge in [0.1, 0.15) is 0 Å². The fourth-order valence-electron chi connectivity index (χ4n) is 2.11. The van der Waals surface area contributed by atoms with E-state index in [0.717, 1.165) is 15.6 Å². The number of hydrogen-bond acceptors (Lipinski definition) is 3. The van der Waals surface area contributed by atoms with Crippen LogP contribution in [0.3, 0.4) is 0 Å². The van der Waals surface area contributed by atoms with Crippen LogP contribution in [0.15, 0.2) is 46.9 Å². The fourth-order valence-corrected chi connectivity index (χ4v) is 2.36. The van der Waals surface area contributed by atoms with Gasteiger partial charge in [-0.15, -0.1) is 0 Å². The van der Waals surface area contributed by atoms with Crippen molar-refractivity contribution in [1.29, 1.82) is 0 Å². The van der Waals surface area contributed by atoms with E-state index in [-0.39, 0.29) is 16.7 Å². The van der Waals surface area contributed by atoms with E-state index >= 15 is 0 Å². The molecule has 0 radical (unpaired) electrons. The first-order valence-corrected chi connectivity index (χ1v) is 7.02. The summed E-state index contributed by atoms with van der Waals surface area (Å²) in [5.41, 5.74) is 9.03. The van der Waals surface area contributed by atoms with Crippen molar-refractivity contribution in [3.8, 4) is 0 Å². The zero-order valence-corrected chi connectivity index (χ0v) is 12.6. The van der Waals surface area contributed by atoms with Crippen molar-refractivity contribution in [3.63, 3.8) is 0 Å². The molecule has 104 valence electrons. The number of aryl methyl sites for hydroxylation is 1. The monoisotopic (exact) mass is 334 g/mol. The van der Waals surface area contributed by atoms with E-state index in [1.54, 1.807) is 18.2 Å². The largest absolute Gasteiger partial charge is 0.324 e. The first-order chi connectivity index (χ1) is 9.49. The summed E-state index contributed by atoms with van der Waals surface area (Å²) in [7, 11) is 0. The van der Waals surface area contributed by atoms with Gasteiger partial charge in [0.25, 0.3) is 5.69 Å². The SMILES string of the molecule is Cc1cc(C(N)Cc2ccccc2[N+](=O)[O-])ccc1Br. The highest BCUT2D eigenvalue weighted by atomic mass is 79.9. The first kappa shape index (κ1) is 14.7. The van der Waals surface area contributed by atoms with Gasteiger partial charge in [-0.1, -0.05) is 46.3 Å². The van der Waals surface area contributed by atoms with Crippen molar-refractivity contribution < 1.29 is 4.92 Å². The van der Waals surface area contributed by atoms with Crippen molar-refractivity contribution in [1.82, 2.24) is 0 Å². The number of nitro groups is 1. The van der Waals surface area contributed by atoms with E-state index < -0.39 is 0 Å². The van der Waals surface area contributed by atoms with Gasteiger partial charge in [0.15, 0.2) is 0 Å². The molecule has 1 unspecified atom stereocenters. The van der Waals surface area contributed by atoms with Crippen LogP contribution < -0.4 is 5.73 Å². The number of nitrogens with zero attached hydrogens (tertiary/aromatic N) is 1. The molecule has 0 aliphatic carbocycles. The molecule has 0 aromatic heterocycles. The molecule has 0 aliphatic rings. The lowest BCUT2D eigenvalue weighted by Crippen LogP contribution is -2.14. The lowest BCUT2D eigenvalue weighted by atomic mass is 9.97. The second-order valence-corrected chi connectivity index (χ2v) is 5.56. The third-order valence-electron chi connectivity index (χ3n) is 3.24. The standard InChI is InChI=1S/C15H15BrN2O2/c1-10-8-11(6-7-13(10)16)14(17)9-12-4-2-3-5-15(12)18(19)20/h2-8,14H,9,17H2,1H3. The Labute approximate surface area is 125 Å². The van der Waals surface area contributed by atoms with Crippen LogP contribution in [-0.2, 0) is 6.42 Å². The third-order valence-corrected chi connectivity index (χ3v) is 4.13. The normalized spacial score (nSPS) is 12.2. The van der Waals surface area contributed by atoms with Gasteiger partial charge in [0.05, 0.1) is 4.92 Å². The maximum atomic E-state index is 11.0. The average Bonchev–Trinajstić information content (AvgIpc) is 2.42. The maximum Gasteiger partial charge on any atom is 0.272 e. The number of para-hydroxylation sites is 1. The minimum absolute atomic E-state index is 0.122. The zero-order valence-electron chi connectivity index (χ0n) is 11.0. The number of nitrogens with two attached hydrogens (primary N) is 1. The fraction of sp³-hybridized carbons (Fsp3) is 0.200. The van der Waals surface area contributed by atoms with Crippen molar-refractivity contribution in [2.24, 2.45) is 5.73 Å². The molecule has 0 spiro atoms. The Bertz CT molecular complexity index is 644. The lowest BCUT2D eigenvalue weighted by molar-refractivity contribution is -0.385. The Hall–Kier alpha value is -1.72. The van der Waals surface area contributed by atoms with Crippen molar-refractivity contribution in [2.45, 2.75) is 19.4 Å². The highest BCUT2D eigenvalue weighted by molar-refractivity contribution is 9.10. The smallest absolute Gasteiger partial charge is 0.272 e. The van der Waals surface area contributed by atoms with Gasteiger partial charge >= 0.3 is 0 Å². The summed E-state index contributed by atoms with van der Waals surface area (Å²) in [6.07, 6.45) is 0.443.